The highest BCUT2D eigenvalue weighted by molar-refractivity contribution is 7.99. The van der Waals surface area contributed by atoms with Gasteiger partial charge in [-0.2, -0.15) is 16.1 Å². The molecule has 1 saturated heterocycles. The van der Waals surface area contributed by atoms with Gasteiger partial charge in [0.1, 0.15) is 4.90 Å². The molecule has 0 spiro atoms. The zero-order chi connectivity index (χ0) is 13.3. The summed E-state index contributed by atoms with van der Waals surface area (Å²) in [6.45, 7) is 4.68. The van der Waals surface area contributed by atoms with E-state index in [2.05, 4.69) is 0 Å². The van der Waals surface area contributed by atoms with Gasteiger partial charge in [0.25, 0.3) is 0 Å². The minimum Gasteiger partial charge on any atom is -0.326 e. The van der Waals surface area contributed by atoms with Gasteiger partial charge in [0.05, 0.1) is 0 Å². The number of thiophene rings is 1. The molecule has 0 radical (unpaired) electrons. The zero-order valence-corrected chi connectivity index (χ0v) is 13.0. The van der Waals surface area contributed by atoms with Gasteiger partial charge in [-0.25, -0.2) is 8.42 Å². The quantitative estimate of drug-likeness (QED) is 0.922. The van der Waals surface area contributed by atoms with Crippen LogP contribution in [0.3, 0.4) is 0 Å². The molecule has 0 aromatic carbocycles. The average Bonchev–Trinajstić information content (AvgIpc) is 2.71. The van der Waals surface area contributed by atoms with Crippen molar-refractivity contribution in [2.75, 3.05) is 18.1 Å². The number of nitrogens with two attached hydrogens (primary N) is 1. The van der Waals surface area contributed by atoms with Crippen molar-refractivity contribution in [3.63, 3.8) is 0 Å². The molecule has 1 atom stereocenters. The van der Waals surface area contributed by atoms with Crippen molar-refractivity contribution < 1.29 is 8.42 Å². The van der Waals surface area contributed by atoms with Crippen molar-refractivity contribution >= 4 is 33.1 Å². The highest BCUT2D eigenvalue weighted by atomic mass is 32.2. The van der Waals surface area contributed by atoms with Gasteiger partial charge in [-0.1, -0.05) is 0 Å². The van der Waals surface area contributed by atoms with Gasteiger partial charge >= 0.3 is 0 Å². The summed E-state index contributed by atoms with van der Waals surface area (Å²) in [7, 11) is -3.39. The second-order valence-electron chi connectivity index (χ2n) is 4.41. The van der Waals surface area contributed by atoms with Crippen molar-refractivity contribution in [2.24, 2.45) is 5.73 Å². The van der Waals surface area contributed by atoms with Crippen LogP contribution in [0.15, 0.2) is 10.3 Å². The van der Waals surface area contributed by atoms with Crippen molar-refractivity contribution in [1.82, 2.24) is 4.31 Å². The second-order valence-corrected chi connectivity index (χ2v) is 8.36. The molecule has 0 amide bonds. The van der Waals surface area contributed by atoms with Gasteiger partial charge in [0.15, 0.2) is 0 Å². The van der Waals surface area contributed by atoms with Crippen molar-refractivity contribution in [2.45, 2.75) is 31.3 Å². The minimum absolute atomic E-state index is 0.0543. The summed E-state index contributed by atoms with van der Waals surface area (Å²) in [5.41, 5.74) is 6.46. The molecule has 1 unspecified atom stereocenters. The van der Waals surface area contributed by atoms with E-state index in [4.69, 9.17) is 5.73 Å². The molecule has 1 fully saturated rings. The van der Waals surface area contributed by atoms with Crippen LogP contribution in [0.2, 0.25) is 0 Å². The third kappa shape index (κ3) is 2.46. The highest BCUT2D eigenvalue weighted by Crippen LogP contribution is 2.32. The smallest absolute Gasteiger partial charge is 0.244 e. The number of nitrogens with zero attached hydrogens (tertiary/aromatic N) is 1. The van der Waals surface area contributed by atoms with Gasteiger partial charge in [0.2, 0.25) is 10.0 Å². The molecule has 18 heavy (non-hydrogen) atoms. The Labute approximate surface area is 117 Å². The molecule has 7 heteroatoms. The monoisotopic (exact) mass is 306 g/mol. The minimum atomic E-state index is -3.39. The van der Waals surface area contributed by atoms with Crippen LogP contribution in [0, 0.1) is 6.92 Å². The van der Waals surface area contributed by atoms with E-state index >= 15 is 0 Å². The molecule has 1 aromatic heterocycles. The van der Waals surface area contributed by atoms with E-state index in [1.54, 1.807) is 16.1 Å². The summed E-state index contributed by atoms with van der Waals surface area (Å²) in [6, 6.07) is 0.0543. The Morgan fingerprint density at radius 1 is 1.56 bits per heavy atom. The van der Waals surface area contributed by atoms with Gasteiger partial charge in [-0.3, -0.25) is 0 Å². The Balaban J connectivity index is 2.44. The predicted molar refractivity (Wildman–Crippen MR) is 77.6 cm³/mol. The summed E-state index contributed by atoms with van der Waals surface area (Å²) in [4.78, 5) is 1.20. The highest BCUT2D eigenvalue weighted by Gasteiger charge is 2.34. The van der Waals surface area contributed by atoms with Gasteiger partial charge in [-0.05, 0) is 24.8 Å². The van der Waals surface area contributed by atoms with E-state index in [1.807, 2.05) is 19.2 Å². The van der Waals surface area contributed by atoms with E-state index in [0.717, 1.165) is 21.9 Å². The Morgan fingerprint density at radius 3 is 2.89 bits per heavy atom. The predicted octanol–water partition coefficient (Wildman–Crippen LogP) is 1.64. The first-order valence-corrected chi connectivity index (χ1v) is 9.32. The van der Waals surface area contributed by atoms with E-state index in [-0.39, 0.29) is 12.6 Å². The van der Waals surface area contributed by atoms with Gasteiger partial charge in [0, 0.05) is 35.5 Å². The fourth-order valence-electron chi connectivity index (χ4n) is 2.16. The molecule has 2 heterocycles. The van der Waals surface area contributed by atoms with Gasteiger partial charge < -0.3 is 5.73 Å². The molecular weight excluding hydrogens is 288 g/mol. The van der Waals surface area contributed by atoms with Crippen LogP contribution in [-0.4, -0.2) is 36.8 Å². The maximum atomic E-state index is 12.7. The molecule has 0 bridgehead atoms. The first-order valence-electron chi connectivity index (χ1n) is 5.85. The first kappa shape index (κ1) is 14.3. The normalized spacial score (nSPS) is 22.3. The maximum absolute atomic E-state index is 12.7. The zero-order valence-electron chi connectivity index (χ0n) is 10.5. The SMILES string of the molecule is Cc1csc(CN)c1S(=O)(=O)N1CCSCC1C. The van der Waals surface area contributed by atoms with Crippen molar-refractivity contribution in [1.29, 1.82) is 0 Å². The number of hydrogen-bond acceptors (Lipinski definition) is 5. The lowest BCUT2D eigenvalue weighted by atomic mass is 10.3. The molecular formula is C11H18N2O2S3. The lowest BCUT2D eigenvalue weighted by molar-refractivity contribution is 0.367. The maximum Gasteiger partial charge on any atom is 0.244 e. The molecule has 1 aliphatic rings. The van der Waals surface area contributed by atoms with E-state index in [1.165, 1.54) is 11.3 Å². The molecule has 2 N–H and O–H groups in total. The Hall–Kier alpha value is -0.0800. The fourth-order valence-corrected chi connectivity index (χ4v) is 6.67. The number of sulfonamides is 1. The number of hydrogen-bond donors (Lipinski definition) is 1. The Morgan fingerprint density at radius 2 is 2.28 bits per heavy atom. The summed E-state index contributed by atoms with van der Waals surface area (Å²) in [5.74, 6) is 1.73. The van der Waals surface area contributed by atoms with Gasteiger partial charge in [-0.15, -0.1) is 11.3 Å². The largest absolute Gasteiger partial charge is 0.326 e. The topological polar surface area (TPSA) is 63.4 Å². The van der Waals surface area contributed by atoms with Crippen LogP contribution in [-0.2, 0) is 16.6 Å². The Bertz CT molecular complexity index is 524. The third-order valence-electron chi connectivity index (χ3n) is 3.05. The van der Waals surface area contributed by atoms with Crippen LogP contribution in [0.1, 0.15) is 17.4 Å². The third-order valence-corrected chi connectivity index (χ3v) is 7.74. The van der Waals surface area contributed by atoms with E-state index in [9.17, 15) is 8.42 Å². The second kappa shape index (κ2) is 5.50. The first-order chi connectivity index (χ1) is 8.48. The average molecular weight is 306 g/mol. The molecule has 1 aliphatic heterocycles. The van der Waals surface area contributed by atoms with Crippen LogP contribution < -0.4 is 5.73 Å². The number of aryl methyl sites for hydroxylation is 1. The van der Waals surface area contributed by atoms with E-state index in [0.29, 0.717) is 11.4 Å². The van der Waals surface area contributed by atoms with Crippen molar-refractivity contribution in [3.05, 3.63) is 15.8 Å². The standard InChI is InChI=1S/C11H18N2O2S3/c1-8-6-17-10(5-12)11(8)18(14,15)13-3-4-16-7-9(13)2/h6,9H,3-5,7,12H2,1-2H3. The lowest BCUT2D eigenvalue weighted by Gasteiger charge is -2.32. The lowest BCUT2D eigenvalue weighted by Crippen LogP contribution is -2.44. The Kier molecular flexibility index (Phi) is 4.38. The number of thioether (sulfide) groups is 1. The molecule has 1 aromatic rings. The summed E-state index contributed by atoms with van der Waals surface area (Å²) in [6.07, 6.45) is 0. The molecule has 0 aliphatic carbocycles. The number of rotatable bonds is 3. The van der Waals surface area contributed by atoms with E-state index < -0.39 is 10.0 Å². The van der Waals surface area contributed by atoms with Crippen molar-refractivity contribution in [3.8, 4) is 0 Å². The summed E-state index contributed by atoms with van der Waals surface area (Å²) >= 11 is 3.24. The van der Waals surface area contributed by atoms with Crippen LogP contribution >= 0.6 is 23.1 Å². The summed E-state index contributed by atoms with van der Waals surface area (Å²) in [5, 5.41) is 1.87. The molecule has 2 rings (SSSR count). The summed E-state index contributed by atoms with van der Waals surface area (Å²) < 4.78 is 27.1. The molecule has 4 nitrogen and oxygen atoms in total. The fraction of sp³-hybridized carbons (Fsp3) is 0.636. The van der Waals surface area contributed by atoms with Crippen LogP contribution in [0.4, 0.5) is 0 Å². The molecule has 0 saturated carbocycles. The van der Waals surface area contributed by atoms with Crippen LogP contribution in [0.25, 0.3) is 0 Å². The van der Waals surface area contributed by atoms with Crippen LogP contribution in [0.5, 0.6) is 0 Å². The molecule has 102 valence electrons.